The van der Waals surface area contributed by atoms with Gasteiger partial charge in [-0.1, -0.05) is 0 Å². The first kappa shape index (κ1) is 7.36. The maximum atomic E-state index is 5.63. The summed E-state index contributed by atoms with van der Waals surface area (Å²) in [5, 5.41) is 4.15. The molecule has 0 aliphatic rings. The third kappa shape index (κ3) is 0.921. The minimum atomic E-state index is 0.166. The van der Waals surface area contributed by atoms with E-state index < -0.39 is 0 Å². The van der Waals surface area contributed by atoms with Crippen LogP contribution in [0.3, 0.4) is 0 Å². The van der Waals surface area contributed by atoms with Crippen LogP contribution in [0.2, 0.25) is 5.28 Å². The van der Waals surface area contributed by atoms with Gasteiger partial charge in [0.05, 0.1) is 0 Å². The highest BCUT2D eigenvalue weighted by Crippen LogP contribution is 2.14. The number of nitrogens with zero attached hydrogens (tertiary/aromatic N) is 3. The van der Waals surface area contributed by atoms with Crippen molar-refractivity contribution in [2.45, 2.75) is 6.92 Å². The van der Waals surface area contributed by atoms with Gasteiger partial charge in [0.25, 0.3) is 0 Å². The zero-order chi connectivity index (χ0) is 8.72. The van der Waals surface area contributed by atoms with Crippen LogP contribution in [0.25, 0.3) is 5.52 Å². The van der Waals surface area contributed by atoms with Crippen LogP contribution in [-0.2, 0) is 0 Å². The molecule has 5 heteroatoms. The minimum absolute atomic E-state index is 0.166. The van der Waals surface area contributed by atoms with Gasteiger partial charge in [0.15, 0.2) is 5.82 Å². The third-order valence-corrected chi connectivity index (χ3v) is 1.86. The summed E-state index contributed by atoms with van der Waals surface area (Å²) in [5.74, 6) is 0.406. The van der Waals surface area contributed by atoms with Crippen molar-refractivity contribution in [3.05, 3.63) is 23.1 Å². The van der Waals surface area contributed by atoms with Gasteiger partial charge in [0.1, 0.15) is 5.52 Å². The van der Waals surface area contributed by atoms with E-state index >= 15 is 0 Å². The highest BCUT2D eigenvalue weighted by Gasteiger charge is 2.04. The second-order valence-corrected chi connectivity index (χ2v) is 2.88. The molecule has 0 aliphatic carbocycles. The molecule has 0 atom stereocenters. The molecule has 0 radical (unpaired) electrons. The third-order valence-electron chi connectivity index (χ3n) is 1.70. The molecular weight excluding hydrogens is 176 g/mol. The van der Waals surface area contributed by atoms with E-state index in [-0.39, 0.29) is 5.28 Å². The molecule has 0 amide bonds. The van der Waals surface area contributed by atoms with Crippen LogP contribution in [-0.4, -0.2) is 14.6 Å². The smallest absolute Gasteiger partial charge is 0.243 e. The molecule has 0 spiro atoms. The van der Waals surface area contributed by atoms with Crippen molar-refractivity contribution < 1.29 is 0 Å². The van der Waals surface area contributed by atoms with Crippen LogP contribution >= 0.6 is 11.6 Å². The first-order valence-electron chi connectivity index (χ1n) is 3.46. The van der Waals surface area contributed by atoms with Gasteiger partial charge in [-0.2, -0.15) is 4.98 Å². The van der Waals surface area contributed by atoms with E-state index in [9.17, 15) is 0 Å². The Morgan fingerprint density at radius 3 is 3.00 bits per heavy atom. The van der Waals surface area contributed by atoms with Gasteiger partial charge < -0.3 is 5.73 Å². The number of nitrogens with two attached hydrogens (primary N) is 1. The monoisotopic (exact) mass is 182 g/mol. The predicted molar refractivity (Wildman–Crippen MR) is 47.1 cm³/mol. The quantitative estimate of drug-likeness (QED) is 0.668. The van der Waals surface area contributed by atoms with Crippen LogP contribution in [0.5, 0.6) is 0 Å². The first-order valence-corrected chi connectivity index (χ1v) is 3.83. The summed E-state index contributed by atoms with van der Waals surface area (Å²) in [4.78, 5) is 3.83. The topological polar surface area (TPSA) is 56.2 Å². The number of aromatic nitrogens is 3. The van der Waals surface area contributed by atoms with Gasteiger partial charge in [0.2, 0.25) is 5.28 Å². The number of rotatable bonds is 0. The van der Waals surface area contributed by atoms with E-state index in [1.165, 1.54) is 0 Å². The Bertz CT molecular complexity index is 434. The number of hydrogen-bond donors (Lipinski definition) is 1. The Hall–Kier alpha value is -1.29. The van der Waals surface area contributed by atoms with Gasteiger partial charge in [0, 0.05) is 5.69 Å². The van der Waals surface area contributed by atoms with Crippen molar-refractivity contribution in [1.82, 2.24) is 14.6 Å². The summed E-state index contributed by atoms with van der Waals surface area (Å²) < 4.78 is 1.67. The number of halogens is 1. The van der Waals surface area contributed by atoms with Crippen LogP contribution in [0.1, 0.15) is 5.69 Å². The lowest BCUT2D eigenvalue weighted by Gasteiger charge is -1.99. The Morgan fingerprint density at radius 1 is 1.50 bits per heavy atom. The fourth-order valence-corrected chi connectivity index (χ4v) is 1.29. The van der Waals surface area contributed by atoms with E-state index in [1.807, 2.05) is 19.1 Å². The second-order valence-electron chi connectivity index (χ2n) is 2.54. The molecule has 4 nitrogen and oxygen atoms in total. The summed E-state index contributed by atoms with van der Waals surface area (Å²) >= 11 is 5.63. The Labute approximate surface area is 74.0 Å². The molecule has 0 aromatic carbocycles. The molecule has 2 aromatic heterocycles. The van der Waals surface area contributed by atoms with E-state index in [1.54, 1.807) is 4.52 Å². The average molecular weight is 183 g/mol. The van der Waals surface area contributed by atoms with Crippen molar-refractivity contribution in [3.63, 3.8) is 0 Å². The van der Waals surface area contributed by atoms with Gasteiger partial charge in [-0.3, -0.25) is 0 Å². The molecule has 2 aromatic rings. The van der Waals surface area contributed by atoms with E-state index in [0.29, 0.717) is 5.82 Å². The molecular formula is C7H7ClN4. The summed E-state index contributed by atoms with van der Waals surface area (Å²) in [6.07, 6.45) is 0. The lowest BCUT2D eigenvalue weighted by atomic mass is 10.5. The van der Waals surface area contributed by atoms with Crippen LogP contribution in [0, 0.1) is 6.92 Å². The standard InChI is InChI=1S/C7H7ClN4/c1-4-2-3-5-6(9)10-7(8)11-12(4)5/h2-3H,1H3,(H2,9,10,11). The number of aryl methyl sites for hydroxylation is 1. The zero-order valence-corrected chi connectivity index (χ0v) is 7.21. The lowest BCUT2D eigenvalue weighted by Crippen LogP contribution is -2.01. The van der Waals surface area contributed by atoms with Gasteiger partial charge in [-0.25, -0.2) is 4.52 Å². The first-order chi connectivity index (χ1) is 5.68. The molecule has 0 unspecified atom stereocenters. The summed E-state index contributed by atoms with van der Waals surface area (Å²) in [5.41, 5.74) is 7.39. The number of nitrogen functional groups attached to an aromatic ring is 1. The van der Waals surface area contributed by atoms with Crippen LogP contribution in [0.4, 0.5) is 5.82 Å². The number of anilines is 1. The van der Waals surface area contributed by atoms with E-state index in [0.717, 1.165) is 11.2 Å². The Morgan fingerprint density at radius 2 is 2.25 bits per heavy atom. The van der Waals surface area contributed by atoms with E-state index in [2.05, 4.69) is 10.1 Å². The van der Waals surface area contributed by atoms with Crippen molar-refractivity contribution in [2.75, 3.05) is 5.73 Å². The molecule has 0 fully saturated rings. The van der Waals surface area contributed by atoms with Crippen molar-refractivity contribution in [1.29, 1.82) is 0 Å². The highest BCUT2D eigenvalue weighted by molar-refractivity contribution is 6.28. The molecule has 0 aliphatic heterocycles. The van der Waals surface area contributed by atoms with Crippen LogP contribution < -0.4 is 5.73 Å². The van der Waals surface area contributed by atoms with Crippen molar-refractivity contribution in [3.8, 4) is 0 Å². The summed E-state index contributed by atoms with van der Waals surface area (Å²) in [6.45, 7) is 1.93. The number of fused-ring (bicyclic) bond motifs is 1. The predicted octanol–water partition coefficient (Wildman–Crippen LogP) is 1.27. The van der Waals surface area contributed by atoms with Crippen LogP contribution in [0.15, 0.2) is 12.1 Å². The second kappa shape index (κ2) is 2.35. The largest absolute Gasteiger partial charge is 0.382 e. The molecule has 0 bridgehead atoms. The van der Waals surface area contributed by atoms with Gasteiger partial charge in [-0.15, -0.1) is 5.10 Å². The molecule has 12 heavy (non-hydrogen) atoms. The molecule has 2 rings (SSSR count). The molecule has 0 saturated heterocycles. The normalized spacial score (nSPS) is 10.8. The van der Waals surface area contributed by atoms with E-state index in [4.69, 9.17) is 17.3 Å². The summed E-state index contributed by atoms with van der Waals surface area (Å²) in [6, 6.07) is 3.78. The fourth-order valence-electron chi connectivity index (χ4n) is 1.12. The van der Waals surface area contributed by atoms with Gasteiger partial charge >= 0.3 is 0 Å². The van der Waals surface area contributed by atoms with Crippen molar-refractivity contribution >= 4 is 22.9 Å². The fraction of sp³-hybridized carbons (Fsp3) is 0.143. The minimum Gasteiger partial charge on any atom is -0.382 e. The van der Waals surface area contributed by atoms with Gasteiger partial charge in [-0.05, 0) is 30.7 Å². The molecule has 0 saturated carbocycles. The maximum Gasteiger partial charge on any atom is 0.243 e. The molecule has 2 heterocycles. The Kier molecular flexibility index (Phi) is 1.44. The summed E-state index contributed by atoms with van der Waals surface area (Å²) in [7, 11) is 0. The van der Waals surface area contributed by atoms with Crippen molar-refractivity contribution in [2.24, 2.45) is 0 Å². The Balaban J connectivity index is 2.92. The zero-order valence-electron chi connectivity index (χ0n) is 6.45. The SMILES string of the molecule is Cc1ccc2c(N)nc(Cl)nn12. The lowest BCUT2D eigenvalue weighted by molar-refractivity contribution is 0.876. The highest BCUT2D eigenvalue weighted by atomic mass is 35.5. The molecule has 62 valence electrons. The average Bonchev–Trinajstić information content (AvgIpc) is 2.33. The molecule has 2 N–H and O–H groups in total. The maximum absolute atomic E-state index is 5.63. The number of hydrogen-bond acceptors (Lipinski definition) is 3.